The van der Waals surface area contributed by atoms with Gasteiger partial charge in [-0.15, -0.1) is 0 Å². The van der Waals surface area contributed by atoms with E-state index in [4.69, 9.17) is 0 Å². The lowest BCUT2D eigenvalue weighted by Crippen LogP contribution is -2.33. The summed E-state index contributed by atoms with van der Waals surface area (Å²) in [4.78, 5) is 21.6. The molecular formula is C10H14F2O4. The van der Waals surface area contributed by atoms with Crippen molar-refractivity contribution in [1.82, 2.24) is 0 Å². The van der Waals surface area contributed by atoms with E-state index in [0.717, 1.165) is 6.92 Å². The second kappa shape index (κ2) is 6.19. The first-order valence-electron chi connectivity index (χ1n) is 4.69. The Labute approximate surface area is 92.2 Å². The first kappa shape index (κ1) is 14.5. The van der Waals surface area contributed by atoms with E-state index >= 15 is 0 Å². The van der Waals surface area contributed by atoms with Gasteiger partial charge in [0, 0.05) is 6.42 Å². The van der Waals surface area contributed by atoms with Crippen LogP contribution >= 0.6 is 0 Å². The molecule has 0 bridgehead atoms. The molecule has 6 heteroatoms. The van der Waals surface area contributed by atoms with Crippen LogP contribution in [-0.2, 0) is 19.1 Å². The third-order valence-electron chi connectivity index (χ3n) is 1.73. The number of esters is 2. The van der Waals surface area contributed by atoms with Crippen LogP contribution in [0.3, 0.4) is 0 Å². The van der Waals surface area contributed by atoms with Crippen molar-refractivity contribution in [3.05, 3.63) is 12.4 Å². The lowest BCUT2D eigenvalue weighted by atomic mass is 10.1. The molecule has 0 aliphatic heterocycles. The Morgan fingerprint density at radius 3 is 2.38 bits per heavy atom. The number of rotatable bonds is 6. The molecule has 16 heavy (non-hydrogen) atoms. The van der Waals surface area contributed by atoms with E-state index in [1.54, 1.807) is 6.92 Å². The third-order valence-corrected chi connectivity index (χ3v) is 1.73. The van der Waals surface area contributed by atoms with Crippen LogP contribution in [0.1, 0.15) is 20.3 Å². The molecule has 0 aromatic heterocycles. The van der Waals surface area contributed by atoms with Crippen LogP contribution in [0.4, 0.5) is 8.78 Å². The van der Waals surface area contributed by atoms with Crippen molar-refractivity contribution < 1.29 is 27.8 Å². The van der Waals surface area contributed by atoms with Crippen LogP contribution in [-0.4, -0.2) is 30.8 Å². The average molecular weight is 236 g/mol. The fourth-order valence-electron chi connectivity index (χ4n) is 0.797. The van der Waals surface area contributed by atoms with Crippen molar-refractivity contribution in [3.8, 4) is 0 Å². The van der Waals surface area contributed by atoms with Crippen molar-refractivity contribution in [3.63, 3.8) is 0 Å². The first-order valence-corrected chi connectivity index (χ1v) is 4.69. The Bertz CT molecular complexity index is 287. The molecule has 0 saturated carbocycles. The quantitative estimate of drug-likeness (QED) is 0.520. The minimum atomic E-state index is -2.26. The molecule has 0 N–H and O–H groups in total. The molecule has 0 aliphatic carbocycles. The van der Waals surface area contributed by atoms with Gasteiger partial charge in [-0.1, -0.05) is 6.58 Å². The summed E-state index contributed by atoms with van der Waals surface area (Å²) in [5, 5.41) is 0. The minimum Gasteiger partial charge on any atom is -0.464 e. The molecule has 0 aromatic carbocycles. The van der Waals surface area contributed by atoms with Crippen molar-refractivity contribution >= 4 is 11.9 Å². The summed E-state index contributed by atoms with van der Waals surface area (Å²) in [5.74, 6) is -3.57. The molecule has 0 aromatic rings. The number of hydrogen-bond donors (Lipinski definition) is 0. The standard InChI is InChI=1S/C10H14F2O4/c1-4-15-9(14)10(3,12)5-6-16-8(13)7(2)11/h2,4-6H2,1,3H3. The van der Waals surface area contributed by atoms with Gasteiger partial charge in [-0.25, -0.2) is 14.0 Å². The summed E-state index contributed by atoms with van der Waals surface area (Å²) in [6.45, 7) is 4.89. The SMILES string of the molecule is C=C(F)C(=O)OCCC(C)(F)C(=O)OCC. The highest BCUT2D eigenvalue weighted by Crippen LogP contribution is 2.17. The second-order valence-corrected chi connectivity index (χ2v) is 3.21. The summed E-state index contributed by atoms with van der Waals surface area (Å²) >= 11 is 0. The maximum atomic E-state index is 13.5. The van der Waals surface area contributed by atoms with Crippen LogP contribution in [0.5, 0.6) is 0 Å². The molecule has 1 unspecified atom stereocenters. The zero-order valence-electron chi connectivity index (χ0n) is 9.22. The van der Waals surface area contributed by atoms with E-state index in [2.05, 4.69) is 16.1 Å². The molecule has 0 aliphatic rings. The highest BCUT2D eigenvalue weighted by molar-refractivity contribution is 5.85. The smallest absolute Gasteiger partial charge is 0.366 e. The van der Waals surface area contributed by atoms with Gasteiger partial charge in [0.25, 0.3) is 0 Å². The molecule has 0 heterocycles. The van der Waals surface area contributed by atoms with Crippen LogP contribution in [0.15, 0.2) is 12.4 Å². The molecule has 0 rings (SSSR count). The predicted molar refractivity (Wildman–Crippen MR) is 52.0 cm³/mol. The summed E-state index contributed by atoms with van der Waals surface area (Å²) < 4.78 is 34.5. The van der Waals surface area contributed by atoms with Crippen LogP contribution < -0.4 is 0 Å². The number of alkyl halides is 1. The van der Waals surface area contributed by atoms with Gasteiger partial charge in [0.15, 0.2) is 0 Å². The van der Waals surface area contributed by atoms with Crippen LogP contribution in [0.25, 0.3) is 0 Å². The maximum Gasteiger partial charge on any atom is 0.366 e. The van der Waals surface area contributed by atoms with E-state index in [0.29, 0.717) is 0 Å². The number of hydrogen-bond acceptors (Lipinski definition) is 4. The minimum absolute atomic E-state index is 0.0550. The summed E-state index contributed by atoms with van der Waals surface area (Å²) in [7, 11) is 0. The predicted octanol–water partition coefficient (Wildman–Crippen LogP) is 1.69. The number of carbonyl (C=O) groups excluding carboxylic acids is 2. The Hall–Kier alpha value is -1.46. The highest BCUT2D eigenvalue weighted by atomic mass is 19.1. The lowest BCUT2D eigenvalue weighted by Gasteiger charge is -2.17. The number of halogens is 2. The van der Waals surface area contributed by atoms with E-state index in [9.17, 15) is 18.4 Å². The third kappa shape index (κ3) is 4.86. The summed E-state index contributed by atoms with van der Waals surface area (Å²) in [6.07, 6.45) is -0.398. The van der Waals surface area contributed by atoms with E-state index in [1.165, 1.54) is 0 Å². The van der Waals surface area contributed by atoms with Crippen LogP contribution in [0.2, 0.25) is 0 Å². The van der Waals surface area contributed by atoms with E-state index in [1.807, 2.05) is 0 Å². The van der Waals surface area contributed by atoms with Crippen molar-refractivity contribution in [2.24, 2.45) is 0 Å². The van der Waals surface area contributed by atoms with Gasteiger partial charge in [-0.2, -0.15) is 4.39 Å². The zero-order chi connectivity index (χ0) is 12.8. The van der Waals surface area contributed by atoms with Crippen molar-refractivity contribution in [1.29, 1.82) is 0 Å². The molecule has 0 saturated heterocycles. The largest absolute Gasteiger partial charge is 0.464 e. The molecule has 1 atom stereocenters. The average Bonchev–Trinajstić information content (AvgIpc) is 2.17. The Morgan fingerprint density at radius 2 is 1.94 bits per heavy atom. The molecule has 0 amide bonds. The van der Waals surface area contributed by atoms with Gasteiger partial charge in [0.05, 0.1) is 13.2 Å². The molecule has 0 spiro atoms. The molecule has 4 nitrogen and oxygen atoms in total. The lowest BCUT2D eigenvalue weighted by molar-refractivity contribution is -0.159. The van der Waals surface area contributed by atoms with E-state index in [-0.39, 0.29) is 6.61 Å². The van der Waals surface area contributed by atoms with Gasteiger partial charge >= 0.3 is 11.9 Å². The Morgan fingerprint density at radius 1 is 1.38 bits per heavy atom. The number of carbonyl (C=O) groups is 2. The van der Waals surface area contributed by atoms with Crippen molar-refractivity contribution in [2.45, 2.75) is 25.9 Å². The molecule has 0 radical (unpaired) electrons. The van der Waals surface area contributed by atoms with Crippen molar-refractivity contribution in [2.75, 3.05) is 13.2 Å². The Kier molecular flexibility index (Phi) is 5.63. The molecule has 0 fully saturated rings. The van der Waals surface area contributed by atoms with Gasteiger partial charge < -0.3 is 9.47 Å². The summed E-state index contributed by atoms with van der Waals surface area (Å²) in [5.41, 5.74) is -2.26. The molecular weight excluding hydrogens is 222 g/mol. The highest BCUT2D eigenvalue weighted by Gasteiger charge is 2.34. The monoisotopic (exact) mass is 236 g/mol. The van der Waals surface area contributed by atoms with Gasteiger partial charge in [-0.3, -0.25) is 0 Å². The van der Waals surface area contributed by atoms with Gasteiger partial charge in [0.2, 0.25) is 11.5 Å². The topological polar surface area (TPSA) is 52.6 Å². The normalized spacial score (nSPS) is 13.8. The summed E-state index contributed by atoms with van der Waals surface area (Å²) in [6, 6.07) is 0. The number of ether oxygens (including phenoxy) is 2. The fourth-order valence-corrected chi connectivity index (χ4v) is 0.797. The van der Waals surface area contributed by atoms with Gasteiger partial charge in [0.1, 0.15) is 0 Å². The van der Waals surface area contributed by atoms with Gasteiger partial charge in [-0.05, 0) is 13.8 Å². The maximum absolute atomic E-state index is 13.5. The molecule has 92 valence electrons. The second-order valence-electron chi connectivity index (χ2n) is 3.21. The first-order chi connectivity index (χ1) is 7.31. The fraction of sp³-hybridized carbons (Fsp3) is 0.600. The van der Waals surface area contributed by atoms with Crippen LogP contribution in [0, 0.1) is 0 Å². The van der Waals surface area contributed by atoms with E-state index < -0.39 is 36.5 Å². The zero-order valence-corrected chi connectivity index (χ0v) is 9.22. The Balaban J connectivity index is 4.04.